The van der Waals surface area contributed by atoms with Crippen molar-refractivity contribution in [3.05, 3.63) is 30.1 Å². The number of imidazole rings is 1. The third kappa shape index (κ3) is 5.64. The topological polar surface area (TPSA) is 81.8 Å². The predicted octanol–water partition coefficient (Wildman–Crippen LogP) is 4.11. The second-order valence-electron chi connectivity index (χ2n) is 9.08. The number of nitrogens with one attached hydrogen (secondary N) is 2. The van der Waals surface area contributed by atoms with Crippen molar-refractivity contribution in [3.63, 3.8) is 0 Å². The molecule has 1 aromatic heterocycles. The first-order valence-corrected chi connectivity index (χ1v) is 13.1. The maximum Gasteiger partial charge on any atom is 0.155 e. The van der Waals surface area contributed by atoms with Crippen molar-refractivity contribution in [2.45, 2.75) is 64.1 Å². The highest BCUT2D eigenvalue weighted by Crippen LogP contribution is 2.36. The molecule has 0 saturated carbocycles. The second-order valence-corrected chi connectivity index (χ2v) is 10.3. The van der Waals surface area contributed by atoms with Crippen LogP contribution >= 0.6 is 11.9 Å². The van der Waals surface area contributed by atoms with Crippen LogP contribution in [0.2, 0.25) is 0 Å². The zero-order valence-electron chi connectivity index (χ0n) is 20.8. The number of fused-ring (bicyclic) bond motifs is 3. The Bertz CT molecular complexity index is 1010. The lowest BCUT2D eigenvalue weighted by Crippen LogP contribution is -2.47. The van der Waals surface area contributed by atoms with Crippen LogP contribution in [0.3, 0.4) is 0 Å². The van der Waals surface area contributed by atoms with Gasteiger partial charge in [0, 0.05) is 49.4 Å². The molecule has 2 aliphatic heterocycles. The molecule has 34 heavy (non-hydrogen) atoms. The highest BCUT2D eigenvalue weighted by atomic mass is 32.2. The minimum absolute atomic E-state index is 0.198. The summed E-state index contributed by atoms with van der Waals surface area (Å²) in [6.07, 6.45) is 5.51. The van der Waals surface area contributed by atoms with E-state index in [1.54, 1.807) is 0 Å². The molecule has 0 amide bonds. The van der Waals surface area contributed by atoms with Gasteiger partial charge in [-0.2, -0.15) is 0 Å². The van der Waals surface area contributed by atoms with Gasteiger partial charge in [0.25, 0.3) is 0 Å². The van der Waals surface area contributed by atoms with Crippen molar-refractivity contribution in [2.75, 3.05) is 32.8 Å². The molecule has 184 valence electrons. The lowest BCUT2D eigenvalue weighted by Gasteiger charge is -2.38. The molecular weight excluding hydrogens is 446 g/mol. The van der Waals surface area contributed by atoms with E-state index in [0.29, 0.717) is 18.5 Å². The minimum atomic E-state index is 0.198. The van der Waals surface area contributed by atoms with Crippen molar-refractivity contribution in [1.82, 2.24) is 24.1 Å². The van der Waals surface area contributed by atoms with Gasteiger partial charge in [0.15, 0.2) is 5.84 Å². The quantitative estimate of drug-likeness (QED) is 0.334. The number of benzene rings is 1. The Kier molecular flexibility index (Phi) is 8.28. The van der Waals surface area contributed by atoms with E-state index in [0.717, 1.165) is 61.9 Å². The molecule has 2 aliphatic rings. The zero-order chi connectivity index (χ0) is 24.1. The van der Waals surface area contributed by atoms with Crippen LogP contribution in [-0.2, 0) is 6.54 Å². The number of amidine groups is 1. The first-order valence-electron chi connectivity index (χ1n) is 12.4. The summed E-state index contributed by atoms with van der Waals surface area (Å²) in [5.41, 5.74) is 1.75. The van der Waals surface area contributed by atoms with Crippen LogP contribution in [0.5, 0.6) is 5.75 Å². The molecule has 2 aromatic rings. The van der Waals surface area contributed by atoms with E-state index in [2.05, 4.69) is 70.0 Å². The fraction of sp³-hybridized carbons (Fsp3) is 0.560. The Balaban J connectivity index is 1.54. The average Bonchev–Trinajstić information content (AvgIpc) is 3.18. The summed E-state index contributed by atoms with van der Waals surface area (Å²) in [7, 11) is 0. The average molecular weight is 484 g/mol. The number of piperazine rings is 1. The van der Waals surface area contributed by atoms with Crippen LogP contribution in [-0.4, -0.2) is 75.8 Å². The molecule has 0 aliphatic carbocycles. The molecule has 0 unspecified atom stereocenters. The van der Waals surface area contributed by atoms with Crippen molar-refractivity contribution < 1.29 is 4.74 Å². The Hall–Kier alpha value is -2.36. The van der Waals surface area contributed by atoms with E-state index in [1.807, 2.05) is 18.1 Å². The van der Waals surface area contributed by atoms with Crippen molar-refractivity contribution in [3.8, 4) is 17.1 Å². The van der Waals surface area contributed by atoms with E-state index in [-0.39, 0.29) is 6.04 Å². The molecule has 0 atom stereocenters. The summed E-state index contributed by atoms with van der Waals surface area (Å²) >= 11 is 1.83. The van der Waals surface area contributed by atoms with Gasteiger partial charge in [0.1, 0.15) is 30.2 Å². The SMILES string of the molecule is CCC(CC)N1CCN(Sc2ccc3c(c2)-c2nc(/C(=N/C=N)NC(C)C)cn2CCO3)CC1. The monoisotopic (exact) mass is 483 g/mol. The summed E-state index contributed by atoms with van der Waals surface area (Å²) in [5.74, 6) is 2.36. The number of ether oxygens (including phenoxy) is 1. The molecule has 0 radical (unpaired) electrons. The number of hydrogen-bond acceptors (Lipinski definition) is 6. The third-order valence-corrected chi connectivity index (χ3v) is 7.47. The van der Waals surface area contributed by atoms with Gasteiger partial charge in [-0.1, -0.05) is 13.8 Å². The van der Waals surface area contributed by atoms with Gasteiger partial charge in [-0.15, -0.1) is 0 Å². The summed E-state index contributed by atoms with van der Waals surface area (Å²) in [4.78, 5) is 13.0. The molecule has 0 bridgehead atoms. The Morgan fingerprint density at radius 1 is 1.21 bits per heavy atom. The molecule has 1 aromatic carbocycles. The van der Waals surface area contributed by atoms with Gasteiger partial charge in [-0.3, -0.25) is 10.3 Å². The van der Waals surface area contributed by atoms with Gasteiger partial charge in [-0.25, -0.2) is 14.3 Å². The molecule has 9 heteroatoms. The van der Waals surface area contributed by atoms with E-state index in [9.17, 15) is 0 Å². The summed E-state index contributed by atoms with van der Waals surface area (Å²) in [5, 5.41) is 10.7. The smallest absolute Gasteiger partial charge is 0.155 e. The van der Waals surface area contributed by atoms with Gasteiger partial charge in [-0.05, 0) is 56.8 Å². The molecule has 1 saturated heterocycles. The number of hydrogen-bond donors (Lipinski definition) is 2. The summed E-state index contributed by atoms with van der Waals surface area (Å²) in [6, 6.07) is 7.32. The molecule has 3 heterocycles. The van der Waals surface area contributed by atoms with Gasteiger partial charge in [0.2, 0.25) is 0 Å². The van der Waals surface area contributed by atoms with E-state index >= 15 is 0 Å². The molecule has 0 spiro atoms. The van der Waals surface area contributed by atoms with Crippen LogP contribution < -0.4 is 10.1 Å². The van der Waals surface area contributed by atoms with Crippen LogP contribution in [0, 0.1) is 5.41 Å². The van der Waals surface area contributed by atoms with E-state index < -0.39 is 0 Å². The normalized spacial score (nSPS) is 17.3. The lowest BCUT2D eigenvalue weighted by atomic mass is 10.1. The standard InChI is InChI=1S/C25H37N7OS/c1-5-19(6-2)30-9-11-32(12-10-30)34-20-7-8-23-21(15-20)25-29-22(16-31(25)13-14-33-23)24(27-17-26)28-18(3)4/h7-8,15-19H,5-6,9-14H2,1-4H3,(H2,26,27,28). The van der Waals surface area contributed by atoms with E-state index in [4.69, 9.17) is 15.1 Å². The molecule has 1 fully saturated rings. The van der Waals surface area contributed by atoms with E-state index in [1.165, 1.54) is 17.7 Å². The molecule has 8 nitrogen and oxygen atoms in total. The maximum atomic E-state index is 7.43. The number of rotatable bonds is 8. The highest BCUT2D eigenvalue weighted by Gasteiger charge is 2.24. The van der Waals surface area contributed by atoms with Crippen molar-refractivity contribution in [1.29, 1.82) is 5.41 Å². The third-order valence-electron chi connectivity index (χ3n) is 6.39. The Labute approximate surface area is 207 Å². The first kappa shape index (κ1) is 24.8. The minimum Gasteiger partial charge on any atom is -0.491 e. The van der Waals surface area contributed by atoms with Gasteiger partial charge in [0.05, 0.1) is 12.1 Å². The van der Waals surface area contributed by atoms with Gasteiger partial charge >= 0.3 is 0 Å². The van der Waals surface area contributed by atoms with Crippen LogP contribution in [0.4, 0.5) is 0 Å². The predicted molar refractivity (Wildman–Crippen MR) is 140 cm³/mol. The van der Waals surface area contributed by atoms with Crippen molar-refractivity contribution in [2.24, 2.45) is 4.99 Å². The summed E-state index contributed by atoms with van der Waals surface area (Å²) in [6.45, 7) is 14.4. The second kappa shape index (κ2) is 11.4. The number of aliphatic imine (C=N–C) groups is 1. The largest absolute Gasteiger partial charge is 0.491 e. The number of nitrogens with zero attached hydrogens (tertiary/aromatic N) is 5. The number of aromatic nitrogens is 2. The van der Waals surface area contributed by atoms with Crippen molar-refractivity contribution >= 4 is 24.1 Å². The van der Waals surface area contributed by atoms with Crippen LogP contribution in [0.1, 0.15) is 46.2 Å². The fourth-order valence-corrected chi connectivity index (χ4v) is 5.61. The Morgan fingerprint density at radius 3 is 2.65 bits per heavy atom. The maximum absolute atomic E-state index is 7.43. The Morgan fingerprint density at radius 2 is 1.97 bits per heavy atom. The highest BCUT2D eigenvalue weighted by molar-refractivity contribution is 7.97. The van der Waals surface area contributed by atoms with Gasteiger partial charge < -0.3 is 14.6 Å². The lowest BCUT2D eigenvalue weighted by molar-refractivity contribution is 0.135. The fourth-order valence-electron chi connectivity index (χ4n) is 4.67. The first-order chi connectivity index (χ1) is 16.5. The zero-order valence-corrected chi connectivity index (χ0v) is 21.6. The van der Waals surface area contributed by atoms with Crippen LogP contribution in [0.15, 0.2) is 34.3 Å². The molecular formula is C25H37N7OS. The van der Waals surface area contributed by atoms with Crippen LogP contribution in [0.25, 0.3) is 11.4 Å². The molecule has 4 rings (SSSR count). The summed E-state index contributed by atoms with van der Waals surface area (Å²) < 4.78 is 10.6. The molecule has 2 N–H and O–H groups in total.